The molecule has 3 aromatic carbocycles. The Hall–Kier alpha value is -3.76. The molecule has 0 unspecified atom stereocenters. The molecule has 230 valence electrons. The predicted octanol–water partition coefficient (Wildman–Crippen LogP) is 11.4. The van der Waals surface area contributed by atoms with Crippen molar-refractivity contribution >= 4 is 55.2 Å². The average molecular weight is 762 g/mol. The molecule has 0 aliphatic heterocycles. The van der Waals surface area contributed by atoms with E-state index < -0.39 is 69.2 Å². The summed E-state index contributed by atoms with van der Waals surface area (Å²) >= 11 is 6.16. The second-order valence-electron chi connectivity index (χ2n) is 8.83. The molecule has 2 nitrogen and oxygen atoms in total. The molecular formula is C28H10Br2F12N2. The van der Waals surface area contributed by atoms with Gasteiger partial charge in [-0.3, -0.25) is 0 Å². The van der Waals surface area contributed by atoms with Crippen LogP contribution in [0.3, 0.4) is 0 Å². The molecule has 0 heterocycles. The molecule has 16 heteroatoms. The van der Waals surface area contributed by atoms with Gasteiger partial charge in [-0.05, 0) is 71.8 Å². The van der Waals surface area contributed by atoms with Crippen LogP contribution in [0.5, 0.6) is 0 Å². The molecule has 0 radical (unpaired) electrons. The van der Waals surface area contributed by atoms with E-state index in [0.29, 0.717) is 24.3 Å². The predicted molar refractivity (Wildman–Crippen MR) is 142 cm³/mol. The van der Waals surface area contributed by atoms with E-state index in [1.807, 2.05) is 0 Å². The van der Waals surface area contributed by atoms with Gasteiger partial charge < -0.3 is 0 Å². The lowest BCUT2D eigenvalue weighted by Crippen LogP contribution is -2.11. The van der Waals surface area contributed by atoms with E-state index in [0.717, 1.165) is 24.3 Å². The largest absolute Gasteiger partial charge is 0.416 e. The maximum Gasteiger partial charge on any atom is 0.416 e. The number of rotatable bonds is 4. The number of hydrogen-bond donors (Lipinski definition) is 0. The van der Waals surface area contributed by atoms with Crippen LogP contribution in [0.15, 0.2) is 57.5 Å². The Labute approximate surface area is 256 Å². The first-order valence-electron chi connectivity index (χ1n) is 11.4. The second-order valence-corrected chi connectivity index (χ2v) is 10.5. The molecule has 0 aromatic heterocycles. The Morgan fingerprint density at radius 2 is 0.727 bits per heavy atom. The van der Waals surface area contributed by atoms with E-state index in [-0.39, 0.29) is 32.2 Å². The lowest BCUT2D eigenvalue weighted by atomic mass is 9.96. The topological polar surface area (TPSA) is 47.6 Å². The zero-order valence-corrected chi connectivity index (χ0v) is 24.1. The highest BCUT2D eigenvalue weighted by Crippen LogP contribution is 2.40. The van der Waals surface area contributed by atoms with Crippen molar-refractivity contribution in [1.29, 1.82) is 10.5 Å². The Balaban J connectivity index is 2.17. The van der Waals surface area contributed by atoms with Gasteiger partial charge in [0.25, 0.3) is 0 Å². The van der Waals surface area contributed by atoms with Crippen LogP contribution < -0.4 is 0 Å². The molecule has 0 atom stereocenters. The molecule has 0 aliphatic carbocycles. The van der Waals surface area contributed by atoms with Crippen molar-refractivity contribution in [1.82, 2.24) is 0 Å². The molecule has 0 bridgehead atoms. The summed E-state index contributed by atoms with van der Waals surface area (Å²) in [4.78, 5) is 0. The quantitative estimate of drug-likeness (QED) is 0.151. The van der Waals surface area contributed by atoms with Crippen molar-refractivity contribution < 1.29 is 52.7 Å². The van der Waals surface area contributed by atoms with Gasteiger partial charge in [0.15, 0.2) is 0 Å². The van der Waals surface area contributed by atoms with E-state index >= 15 is 0 Å². The van der Waals surface area contributed by atoms with Crippen LogP contribution in [0.2, 0.25) is 0 Å². The third-order valence-electron chi connectivity index (χ3n) is 5.72. The summed E-state index contributed by atoms with van der Waals surface area (Å²) in [5.41, 5.74) is -8.82. The lowest BCUT2D eigenvalue weighted by molar-refractivity contribution is -0.144. The summed E-state index contributed by atoms with van der Waals surface area (Å²) in [5.74, 6) is 0. The highest BCUT2D eigenvalue weighted by atomic mass is 79.9. The first-order valence-corrected chi connectivity index (χ1v) is 13.0. The van der Waals surface area contributed by atoms with E-state index in [1.165, 1.54) is 0 Å². The Morgan fingerprint density at radius 3 is 0.932 bits per heavy atom. The molecule has 3 aromatic rings. The fourth-order valence-corrected chi connectivity index (χ4v) is 4.87. The van der Waals surface area contributed by atoms with E-state index in [2.05, 4.69) is 31.9 Å². The van der Waals surface area contributed by atoms with Crippen LogP contribution in [0.25, 0.3) is 23.3 Å². The molecule has 0 saturated heterocycles. The lowest BCUT2D eigenvalue weighted by Gasteiger charge is -2.14. The summed E-state index contributed by atoms with van der Waals surface area (Å²) in [7, 11) is 0. The minimum Gasteiger partial charge on any atom is -0.192 e. The number of benzene rings is 3. The number of nitriles is 2. The fraction of sp³-hybridized carbons (Fsp3) is 0.143. The van der Waals surface area contributed by atoms with Gasteiger partial charge in [-0.15, -0.1) is 0 Å². The molecular weight excluding hydrogens is 752 g/mol. The van der Waals surface area contributed by atoms with Gasteiger partial charge in [-0.25, -0.2) is 0 Å². The van der Waals surface area contributed by atoms with Crippen molar-refractivity contribution in [3.05, 3.63) is 102 Å². The molecule has 0 fully saturated rings. The van der Waals surface area contributed by atoms with Crippen molar-refractivity contribution in [2.75, 3.05) is 0 Å². The first-order chi connectivity index (χ1) is 20.0. The van der Waals surface area contributed by atoms with Gasteiger partial charge in [-0.1, -0.05) is 31.9 Å². The second kappa shape index (κ2) is 12.3. The molecule has 44 heavy (non-hydrogen) atoms. The monoisotopic (exact) mass is 760 g/mol. The number of nitrogens with zero attached hydrogens (tertiary/aromatic N) is 2. The molecule has 0 spiro atoms. The van der Waals surface area contributed by atoms with Crippen LogP contribution in [0, 0.1) is 22.7 Å². The summed E-state index contributed by atoms with van der Waals surface area (Å²) in [5, 5.41) is 19.3. The van der Waals surface area contributed by atoms with Crippen LogP contribution >= 0.6 is 31.9 Å². The van der Waals surface area contributed by atoms with Gasteiger partial charge in [-0.2, -0.15) is 63.2 Å². The van der Waals surface area contributed by atoms with Crippen LogP contribution in [0.4, 0.5) is 52.7 Å². The van der Waals surface area contributed by atoms with Crippen molar-refractivity contribution in [2.45, 2.75) is 24.7 Å². The fourth-order valence-electron chi connectivity index (χ4n) is 3.76. The standard InChI is InChI=1S/C28H10Br2F12N2/c29-23-10-22(16(12-44)2-14-5-19(27(37,38)39)8-20(6-14)28(40,41)42)24(30)9-21(23)15(11-43)1-13-3-17(25(31,32)33)7-18(4-13)26(34,35)36/h1-10H. The minimum absolute atomic E-state index is 0.0484. The molecule has 0 saturated carbocycles. The third-order valence-corrected chi connectivity index (χ3v) is 7.03. The van der Waals surface area contributed by atoms with E-state index in [4.69, 9.17) is 0 Å². The maximum atomic E-state index is 13.3. The number of allylic oxidation sites excluding steroid dienone is 2. The highest BCUT2D eigenvalue weighted by Gasteiger charge is 2.38. The third kappa shape index (κ3) is 8.24. The maximum absolute atomic E-state index is 13.3. The summed E-state index contributed by atoms with van der Waals surface area (Å²) in [6.45, 7) is 0. The van der Waals surface area contributed by atoms with Crippen molar-refractivity contribution in [2.24, 2.45) is 0 Å². The molecule has 0 amide bonds. The van der Waals surface area contributed by atoms with Crippen LogP contribution in [-0.2, 0) is 24.7 Å². The minimum atomic E-state index is -5.15. The summed E-state index contributed by atoms with van der Waals surface area (Å²) in [6, 6.07) is 6.94. The Kier molecular flexibility index (Phi) is 9.73. The van der Waals surface area contributed by atoms with Gasteiger partial charge in [0.2, 0.25) is 0 Å². The highest BCUT2D eigenvalue weighted by molar-refractivity contribution is 9.11. The zero-order chi connectivity index (χ0) is 33.4. The van der Waals surface area contributed by atoms with Crippen LogP contribution in [-0.4, -0.2) is 0 Å². The SMILES string of the molecule is N#CC(=Cc1cc(C(F)(F)F)cc(C(F)(F)F)c1)c1cc(Br)c(C(C#N)=Cc2cc(C(F)(F)F)cc(C(F)(F)F)c2)cc1Br. The molecule has 0 N–H and O–H groups in total. The van der Waals surface area contributed by atoms with E-state index in [1.54, 1.807) is 12.1 Å². The number of hydrogen-bond acceptors (Lipinski definition) is 2. The average Bonchev–Trinajstić information content (AvgIpc) is 2.89. The molecule has 0 aliphatic rings. The van der Waals surface area contributed by atoms with Crippen LogP contribution in [0.1, 0.15) is 44.5 Å². The Bertz CT molecular complexity index is 1550. The van der Waals surface area contributed by atoms with Crippen molar-refractivity contribution in [3.8, 4) is 12.1 Å². The Morgan fingerprint density at radius 1 is 0.477 bits per heavy atom. The zero-order valence-electron chi connectivity index (χ0n) is 21.0. The van der Waals surface area contributed by atoms with Gasteiger partial charge in [0.05, 0.1) is 45.5 Å². The smallest absolute Gasteiger partial charge is 0.192 e. The number of alkyl halides is 12. The van der Waals surface area contributed by atoms with Gasteiger partial charge in [0.1, 0.15) is 0 Å². The van der Waals surface area contributed by atoms with Gasteiger partial charge >= 0.3 is 24.7 Å². The first kappa shape index (κ1) is 34.7. The summed E-state index contributed by atoms with van der Waals surface area (Å²) < 4.78 is 159. The van der Waals surface area contributed by atoms with E-state index in [9.17, 15) is 63.2 Å². The van der Waals surface area contributed by atoms with Crippen molar-refractivity contribution in [3.63, 3.8) is 0 Å². The number of halogens is 14. The molecule has 3 rings (SSSR count). The normalized spacial score (nSPS) is 13.5. The summed E-state index contributed by atoms with van der Waals surface area (Å²) in [6.07, 6.45) is -19.1. The van der Waals surface area contributed by atoms with Gasteiger partial charge in [0, 0.05) is 20.1 Å².